The van der Waals surface area contributed by atoms with Crippen molar-refractivity contribution in [2.45, 2.75) is 32.0 Å². The van der Waals surface area contributed by atoms with E-state index in [-0.39, 0.29) is 26.0 Å². The quantitative estimate of drug-likeness (QED) is 0.439. The third kappa shape index (κ3) is 4.56. The van der Waals surface area contributed by atoms with Crippen molar-refractivity contribution in [2.75, 3.05) is 0 Å². The molecule has 2 unspecified atom stereocenters. The second-order valence-electron chi connectivity index (χ2n) is 3.04. The number of ether oxygens (including phenoxy) is 1. The number of aliphatic carboxylic acids is 1. The maximum absolute atomic E-state index is 9.60. The molecule has 75 valence electrons. The Morgan fingerprint density at radius 1 is 1.69 bits per heavy atom. The molecule has 0 aromatic carbocycles. The number of carbonyl (C=O) groups is 1. The molecule has 0 aromatic heterocycles. The summed E-state index contributed by atoms with van der Waals surface area (Å²) < 4.78 is 5.10. The fourth-order valence-corrected chi connectivity index (χ4v) is 1.02. The molecule has 2 rings (SSSR count). The zero-order valence-electron chi connectivity index (χ0n) is 7.50. The predicted octanol–water partition coefficient (Wildman–Crippen LogP) is 1.40. The Morgan fingerprint density at radius 3 is 2.31 bits per heavy atom. The van der Waals surface area contributed by atoms with Gasteiger partial charge in [0.2, 0.25) is 0 Å². The Bertz CT molecular complexity index is 183. The summed E-state index contributed by atoms with van der Waals surface area (Å²) >= 11 is 0. The molecule has 0 bridgehead atoms. The van der Waals surface area contributed by atoms with Crippen molar-refractivity contribution in [3.05, 3.63) is 18.6 Å². The minimum atomic E-state index is -0.935. The average molecular weight is 355 g/mol. The second kappa shape index (κ2) is 5.54. The van der Waals surface area contributed by atoms with Gasteiger partial charge >= 0.3 is 5.97 Å². The number of hydrogen-bond donors (Lipinski definition) is 1. The van der Waals surface area contributed by atoms with E-state index in [0.717, 1.165) is 0 Å². The van der Waals surface area contributed by atoms with E-state index in [1.54, 1.807) is 0 Å². The van der Waals surface area contributed by atoms with Crippen LogP contribution in [0.3, 0.4) is 0 Å². The first-order chi connectivity index (χ1) is 5.61. The van der Waals surface area contributed by atoms with Crippen molar-refractivity contribution in [3.63, 3.8) is 0 Å². The van der Waals surface area contributed by atoms with Crippen LogP contribution in [0.15, 0.2) is 12.2 Å². The van der Waals surface area contributed by atoms with Crippen molar-refractivity contribution < 1.29 is 35.1 Å². The Labute approximate surface area is 91.8 Å². The summed E-state index contributed by atoms with van der Waals surface area (Å²) in [5.74, 6) is -0.935. The van der Waals surface area contributed by atoms with E-state index in [2.05, 4.69) is 13.0 Å². The zero-order chi connectivity index (χ0) is 9.14. The Hall–Kier alpha value is -0.168. The van der Waals surface area contributed by atoms with Gasteiger partial charge in [0.25, 0.3) is 0 Å². The van der Waals surface area contributed by atoms with Crippen molar-refractivity contribution in [3.8, 4) is 0 Å². The molecule has 1 saturated carbocycles. The minimum Gasteiger partial charge on any atom is -0.478 e. The fraction of sp³-hybridized carbons (Fsp3) is 0.556. The first kappa shape index (κ1) is 12.8. The smallest absolute Gasteiger partial charge is 0.330 e. The van der Waals surface area contributed by atoms with Crippen molar-refractivity contribution in [2.24, 2.45) is 0 Å². The monoisotopic (exact) mass is 356 g/mol. The van der Waals surface area contributed by atoms with Crippen LogP contribution in [-0.4, -0.2) is 23.3 Å². The zero-order valence-corrected chi connectivity index (χ0v) is 10.2. The van der Waals surface area contributed by atoms with E-state index in [1.165, 1.54) is 19.8 Å². The van der Waals surface area contributed by atoms with Gasteiger partial charge in [0.1, 0.15) is 0 Å². The molecule has 0 amide bonds. The summed E-state index contributed by atoms with van der Waals surface area (Å²) in [5.41, 5.74) is 0.176. The molecule has 0 spiro atoms. The van der Waals surface area contributed by atoms with Crippen LogP contribution in [0, 0.1) is 6.42 Å². The molecule has 2 aliphatic rings. The SMILES string of the molecule is C=C(C)C(=O)O.[CH-]1CCC2OC12.[Re]. The van der Waals surface area contributed by atoms with Gasteiger partial charge in [-0.15, -0.1) is 0 Å². The minimum absolute atomic E-state index is 0. The number of rotatable bonds is 1. The summed E-state index contributed by atoms with van der Waals surface area (Å²) in [6.45, 7) is 4.60. The van der Waals surface area contributed by atoms with Crippen LogP contribution < -0.4 is 0 Å². The number of hydrogen-bond acceptors (Lipinski definition) is 2. The number of carboxylic acids is 1. The van der Waals surface area contributed by atoms with Crippen LogP contribution in [0.1, 0.15) is 19.8 Å². The first-order valence-corrected chi connectivity index (χ1v) is 3.99. The van der Waals surface area contributed by atoms with Crippen molar-refractivity contribution in [1.29, 1.82) is 0 Å². The summed E-state index contributed by atoms with van der Waals surface area (Å²) in [6, 6.07) is 0. The Balaban J connectivity index is 0.000000206. The van der Waals surface area contributed by atoms with Crippen LogP contribution in [0.25, 0.3) is 0 Å². The van der Waals surface area contributed by atoms with Crippen molar-refractivity contribution >= 4 is 5.97 Å². The number of carboxylic acid groups (broad SMARTS) is 1. The molecule has 1 aliphatic heterocycles. The third-order valence-electron chi connectivity index (χ3n) is 1.84. The largest absolute Gasteiger partial charge is 0.478 e. The third-order valence-corrected chi connectivity index (χ3v) is 1.84. The molecular formula is C9H13O3Re-. The van der Waals surface area contributed by atoms with E-state index < -0.39 is 5.97 Å². The van der Waals surface area contributed by atoms with Gasteiger partial charge in [0.05, 0.1) is 6.10 Å². The Morgan fingerprint density at radius 2 is 2.23 bits per heavy atom. The summed E-state index contributed by atoms with van der Waals surface area (Å²) in [6.07, 6.45) is 6.07. The number of epoxide rings is 1. The van der Waals surface area contributed by atoms with Gasteiger partial charge in [0.15, 0.2) is 0 Å². The molecule has 13 heavy (non-hydrogen) atoms. The molecule has 1 aliphatic carbocycles. The fourth-order valence-electron chi connectivity index (χ4n) is 1.02. The molecule has 1 heterocycles. The van der Waals surface area contributed by atoms with Gasteiger partial charge in [-0.3, -0.25) is 6.42 Å². The van der Waals surface area contributed by atoms with E-state index in [0.29, 0.717) is 12.2 Å². The van der Waals surface area contributed by atoms with E-state index in [9.17, 15) is 4.79 Å². The topological polar surface area (TPSA) is 49.8 Å². The molecule has 3 nitrogen and oxygen atoms in total. The molecule has 1 N–H and O–H groups in total. The van der Waals surface area contributed by atoms with Crippen molar-refractivity contribution in [1.82, 2.24) is 0 Å². The van der Waals surface area contributed by atoms with Crippen LogP contribution in [0.2, 0.25) is 0 Å². The summed E-state index contributed by atoms with van der Waals surface area (Å²) in [7, 11) is 0. The normalized spacial score (nSPS) is 27.5. The van der Waals surface area contributed by atoms with Crippen LogP contribution in [0.5, 0.6) is 0 Å². The summed E-state index contributed by atoms with van der Waals surface area (Å²) in [4.78, 5) is 9.60. The number of fused-ring (bicyclic) bond motifs is 1. The second-order valence-corrected chi connectivity index (χ2v) is 3.04. The first-order valence-electron chi connectivity index (χ1n) is 3.99. The summed E-state index contributed by atoms with van der Waals surface area (Å²) in [5, 5.41) is 7.89. The van der Waals surface area contributed by atoms with Gasteiger partial charge in [-0.25, -0.2) is 4.79 Å². The molecule has 4 heteroatoms. The Kier molecular flexibility index (Phi) is 5.47. The average Bonchev–Trinajstić information content (AvgIpc) is 2.60. The molecule has 0 aromatic rings. The standard InChI is InChI=1S/C5H7O.C4H6O2.Re/c1-2-4-5(3-1)6-4;1-3(2)4(5)6;/h2,4-5H,1,3H2;1H2,2H3,(H,5,6);/q-1;;. The van der Waals surface area contributed by atoms with Crippen LogP contribution >= 0.6 is 0 Å². The molecule has 2 atom stereocenters. The van der Waals surface area contributed by atoms with Gasteiger partial charge < -0.3 is 9.84 Å². The van der Waals surface area contributed by atoms with E-state index >= 15 is 0 Å². The van der Waals surface area contributed by atoms with Crippen LogP contribution in [-0.2, 0) is 30.0 Å². The molecule has 2 fully saturated rings. The van der Waals surface area contributed by atoms with Crippen LogP contribution in [0.4, 0.5) is 0 Å². The maximum atomic E-state index is 9.60. The molecule has 1 radical (unpaired) electrons. The predicted molar refractivity (Wildman–Crippen MR) is 44.6 cm³/mol. The maximum Gasteiger partial charge on any atom is 0.330 e. The van der Waals surface area contributed by atoms with E-state index in [1.807, 2.05) is 0 Å². The molecular weight excluding hydrogens is 342 g/mol. The van der Waals surface area contributed by atoms with Gasteiger partial charge in [-0.2, -0.15) is 6.42 Å². The van der Waals surface area contributed by atoms with Gasteiger partial charge in [0, 0.05) is 26.0 Å². The van der Waals surface area contributed by atoms with E-state index in [4.69, 9.17) is 9.84 Å². The van der Waals surface area contributed by atoms with Gasteiger partial charge in [-0.05, 0) is 13.0 Å². The molecule has 1 saturated heterocycles. The van der Waals surface area contributed by atoms with Gasteiger partial charge in [-0.1, -0.05) is 13.0 Å².